The molecule has 0 radical (unpaired) electrons. The molecule has 1 unspecified atom stereocenters. The van der Waals surface area contributed by atoms with Crippen LogP contribution in [0.1, 0.15) is 61.9 Å². The van der Waals surface area contributed by atoms with Crippen molar-refractivity contribution < 1.29 is 19.1 Å². The summed E-state index contributed by atoms with van der Waals surface area (Å²) < 4.78 is 13.2. The highest BCUT2D eigenvalue weighted by Crippen LogP contribution is 2.34. The van der Waals surface area contributed by atoms with Crippen LogP contribution in [0.15, 0.2) is 48.7 Å². The minimum atomic E-state index is -0.342. The van der Waals surface area contributed by atoms with Gasteiger partial charge in [0.2, 0.25) is 11.8 Å². The third kappa shape index (κ3) is 7.88. The number of ether oxygens (including phenoxy) is 2. The molecule has 3 saturated heterocycles. The Labute approximate surface area is 299 Å². The third-order valence-electron chi connectivity index (χ3n) is 10.5. The number of nitrogens with zero attached hydrogens (tertiary/aromatic N) is 4. The maximum atomic E-state index is 13.1. The van der Waals surface area contributed by atoms with Crippen molar-refractivity contribution in [2.45, 2.75) is 90.3 Å². The number of aromatic nitrogens is 3. The van der Waals surface area contributed by atoms with E-state index < -0.39 is 0 Å². The van der Waals surface area contributed by atoms with Gasteiger partial charge < -0.3 is 30.7 Å². The number of methoxy groups -OCH3 is 1. The van der Waals surface area contributed by atoms with Crippen molar-refractivity contribution in [3.63, 3.8) is 0 Å². The zero-order chi connectivity index (χ0) is 35.3. The maximum Gasteiger partial charge on any atom is 0.229 e. The van der Waals surface area contributed by atoms with Gasteiger partial charge in [-0.1, -0.05) is 31.2 Å². The predicted molar refractivity (Wildman–Crippen MR) is 197 cm³/mol. The SMILES string of the molecule is CCc1nc2c(cnn2CC)c(NC2CCOCC2)c1CNC(=O)CC(=O)NCc1ccc(OC)c(-c2cccc(CN3C[C@@H]4CC3CN4)c2)c1. The zero-order valence-corrected chi connectivity index (χ0v) is 30.0. The fraction of sp³-hybridized carbons (Fsp3) is 0.487. The Morgan fingerprint density at radius 1 is 1.04 bits per heavy atom. The standard InChI is InChI=1S/C39H50N8O4/c1-4-34-32(38(44-28-11-13-51-14-12-28)33-22-43-47(5-2)39(33)45-34)21-42-37(49)18-36(48)41-19-25-9-10-35(50-3)31(16-25)27-8-6-7-26(15-27)23-46-24-29-17-30(46)20-40-29/h6-10,15-16,22,28-30,40H,4-5,11-14,17-21,23-24H2,1-3H3,(H,41,48)(H,42,49)(H,44,45)/t29-,30?/m0/s1. The molecule has 0 aliphatic carbocycles. The lowest BCUT2D eigenvalue weighted by Crippen LogP contribution is -2.42. The third-order valence-corrected chi connectivity index (χ3v) is 10.5. The van der Waals surface area contributed by atoms with Gasteiger partial charge in [-0.05, 0) is 67.5 Å². The number of carbonyl (C=O) groups is 2. The lowest BCUT2D eigenvalue weighted by molar-refractivity contribution is -0.129. The molecule has 2 aromatic carbocycles. The number of benzene rings is 2. The summed E-state index contributed by atoms with van der Waals surface area (Å²) in [5.74, 6) is 0.0957. The van der Waals surface area contributed by atoms with Gasteiger partial charge in [0, 0.05) is 87.4 Å². The average molecular weight is 695 g/mol. The minimum Gasteiger partial charge on any atom is -0.496 e. The van der Waals surface area contributed by atoms with E-state index in [9.17, 15) is 9.59 Å². The van der Waals surface area contributed by atoms with Crippen molar-refractivity contribution in [2.24, 2.45) is 0 Å². The molecule has 0 spiro atoms. The highest BCUT2D eigenvalue weighted by Gasteiger charge is 2.37. The van der Waals surface area contributed by atoms with Crippen molar-refractivity contribution in [2.75, 3.05) is 38.7 Å². The Morgan fingerprint density at radius 2 is 1.86 bits per heavy atom. The first-order valence-electron chi connectivity index (χ1n) is 18.4. The van der Waals surface area contributed by atoms with Crippen LogP contribution in [0.4, 0.5) is 5.69 Å². The topological polar surface area (TPSA) is 135 Å². The lowest BCUT2D eigenvalue weighted by atomic mass is 9.99. The van der Waals surface area contributed by atoms with Crippen LogP contribution >= 0.6 is 0 Å². The van der Waals surface area contributed by atoms with Gasteiger partial charge in [-0.3, -0.25) is 14.5 Å². The molecule has 5 heterocycles. The summed E-state index contributed by atoms with van der Waals surface area (Å²) >= 11 is 0. The summed E-state index contributed by atoms with van der Waals surface area (Å²) in [6, 6.07) is 16.1. The first-order chi connectivity index (χ1) is 24.9. The smallest absolute Gasteiger partial charge is 0.229 e. The van der Waals surface area contributed by atoms with E-state index in [0.29, 0.717) is 44.8 Å². The number of aryl methyl sites for hydroxylation is 2. The first-order valence-corrected chi connectivity index (χ1v) is 18.4. The average Bonchev–Trinajstić information content (AvgIpc) is 3.90. The summed E-state index contributed by atoms with van der Waals surface area (Å²) in [5, 5.41) is 18.8. The lowest BCUT2D eigenvalue weighted by Gasteiger charge is -2.27. The molecule has 0 saturated carbocycles. The molecule has 4 aromatic rings. The quantitative estimate of drug-likeness (QED) is 0.144. The molecule has 51 heavy (non-hydrogen) atoms. The summed E-state index contributed by atoms with van der Waals surface area (Å²) in [5.41, 5.74) is 7.87. The highest BCUT2D eigenvalue weighted by molar-refractivity contribution is 5.97. The van der Waals surface area contributed by atoms with Crippen LogP contribution in [-0.4, -0.2) is 83.0 Å². The molecule has 2 amide bonds. The van der Waals surface area contributed by atoms with Gasteiger partial charge in [0.1, 0.15) is 12.2 Å². The molecule has 270 valence electrons. The van der Waals surface area contributed by atoms with E-state index in [1.165, 1.54) is 12.0 Å². The predicted octanol–water partition coefficient (Wildman–Crippen LogP) is 4.15. The summed E-state index contributed by atoms with van der Waals surface area (Å²) in [7, 11) is 1.68. The minimum absolute atomic E-state index is 0.254. The van der Waals surface area contributed by atoms with Gasteiger partial charge >= 0.3 is 0 Å². The van der Waals surface area contributed by atoms with E-state index in [1.54, 1.807) is 7.11 Å². The van der Waals surface area contributed by atoms with E-state index in [-0.39, 0.29) is 30.8 Å². The number of anilines is 1. The number of likely N-dealkylation sites (tertiary alicyclic amines) is 1. The molecule has 3 aliphatic heterocycles. The molecular weight excluding hydrogens is 644 g/mol. The molecule has 12 nitrogen and oxygen atoms in total. The van der Waals surface area contributed by atoms with E-state index in [4.69, 9.17) is 14.5 Å². The number of rotatable bonds is 14. The number of hydrogen-bond acceptors (Lipinski definition) is 9. The van der Waals surface area contributed by atoms with Crippen LogP contribution in [0.3, 0.4) is 0 Å². The van der Waals surface area contributed by atoms with Gasteiger partial charge in [0.25, 0.3) is 0 Å². The maximum absolute atomic E-state index is 13.1. The first kappa shape index (κ1) is 34.9. The van der Waals surface area contributed by atoms with Crippen molar-refractivity contribution in [1.29, 1.82) is 0 Å². The van der Waals surface area contributed by atoms with Gasteiger partial charge in [-0.25, -0.2) is 9.67 Å². The Balaban J connectivity index is 0.985. The summed E-state index contributed by atoms with van der Waals surface area (Å²) in [4.78, 5) is 33.6. The summed E-state index contributed by atoms with van der Waals surface area (Å²) in [6.07, 6.45) is 5.31. The number of hydrogen-bond donors (Lipinski definition) is 4. The van der Waals surface area contributed by atoms with E-state index in [1.807, 2.05) is 29.9 Å². The number of piperazine rings is 1. The Hall–Kier alpha value is -4.52. The van der Waals surface area contributed by atoms with Crippen molar-refractivity contribution in [3.05, 3.63) is 71.0 Å². The number of amides is 2. The second kappa shape index (κ2) is 15.8. The molecule has 2 bridgehead atoms. The molecule has 7 rings (SSSR count). The van der Waals surface area contributed by atoms with Crippen LogP contribution < -0.4 is 26.0 Å². The van der Waals surface area contributed by atoms with Gasteiger partial charge in [0.15, 0.2) is 5.65 Å². The number of pyridine rings is 1. The van der Waals surface area contributed by atoms with Crippen molar-refractivity contribution in [1.82, 2.24) is 35.6 Å². The monoisotopic (exact) mass is 694 g/mol. The van der Waals surface area contributed by atoms with E-state index in [0.717, 1.165) is 82.9 Å². The Kier molecular flexibility index (Phi) is 10.8. The van der Waals surface area contributed by atoms with Crippen LogP contribution in [-0.2, 0) is 46.9 Å². The molecule has 12 heteroatoms. The molecule has 2 aromatic heterocycles. The number of nitrogens with one attached hydrogen (secondary N) is 4. The molecule has 2 atom stereocenters. The molecule has 4 N–H and O–H groups in total. The normalized spacial score (nSPS) is 19.0. The van der Waals surface area contributed by atoms with Gasteiger partial charge in [-0.2, -0.15) is 5.10 Å². The largest absolute Gasteiger partial charge is 0.496 e. The molecular formula is C39H50N8O4. The van der Waals surface area contributed by atoms with Crippen LogP contribution in [0.5, 0.6) is 5.75 Å². The fourth-order valence-corrected chi connectivity index (χ4v) is 7.76. The molecule has 3 aliphatic rings. The Morgan fingerprint density at radius 3 is 2.59 bits per heavy atom. The van der Waals surface area contributed by atoms with E-state index in [2.05, 4.69) is 68.5 Å². The summed E-state index contributed by atoms with van der Waals surface area (Å²) in [6.45, 7) is 9.91. The zero-order valence-electron chi connectivity index (χ0n) is 30.0. The van der Waals surface area contributed by atoms with Crippen molar-refractivity contribution >= 4 is 28.5 Å². The highest BCUT2D eigenvalue weighted by atomic mass is 16.5. The second-order valence-corrected chi connectivity index (χ2v) is 13.9. The van der Waals surface area contributed by atoms with Gasteiger partial charge in [-0.15, -0.1) is 0 Å². The number of carbonyl (C=O) groups excluding carboxylic acids is 2. The molecule has 3 fully saturated rings. The fourth-order valence-electron chi connectivity index (χ4n) is 7.76. The number of fused-ring (bicyclic) bond motifs is 3. The van der Waals surface area contributed by atoms with Gasteiger partial charge in [0.05, 0.1) is 24.4 Å². The Bertz CT molecular complexity index is 1870. The van der Waals surface area contributed by atoms with E-state index >= 15 is 0 Å². The van der Waals surface area contributed by atoms with Crippen molar-refractivity contribution in [3.8, 4) is 16.9 Å². The second-order valence-electron chi connectivity index (χ2n) is 13.9. The van der Waals surface area contributed by atoms with Crippen LogP contribution in [0.25, 0.3) is 22.2 Å². The van der Waals surface area contributed by atoms with Crippen LogP contribution in [0.2, 0.25) is 0 Å². The van der Waals surface area contributed by atoms with Crippen LogP contribution in [0, 0.1) is 0 Å².